The molecule has 0 amide bonds. The quantitative estimate of drug-likeness (QED) is 0.746. The van der Waals surface area contributed by atoms with Crippen molar-refractivity contribution in [2.24, 2.45) is 0 Å². The van der Waals surface area contributed by atoms with Crippen LogP contribution in [0.25, 0.3) is 0 Å². The Hall–Kier alpha value is -1.58. The Kier molecular flexibility index (Phi) is 3.45. The van der Waals surface area contributed by atoms with Gasteiger partial charge >= 0.3 is 0 Å². The third-order valence-corrected chi connectivity index (χ3v) is 1.77. The van der Waals surface area contributed by atoms with Gasteiger partial charge in [-0.25, -0.2) is 0 Å². The van der Waals surface area contributed by atoms with E-state index in [1.54, 1.807) is 26.4 Å². The van der Waals surface area contributed by atoms with Gasteiger partial charge in [0, 0.05) is 17.8 Å². The van der Waals surface area contributed by atoms with Gasteiger partial charge in [0.15, 0.2) is 11.5 Å². The van der Waals surface area contributed by atoms with Gasteiger partial charge < -0.3 is 19.9 Å². The molecule has 0 aromatic heterocycles. The van der Waals surface area contributed by atoms with E-state index in [2.05, 4.69) is 0 Å². The molecule has 0 aliphatic heterocycles. The summed E-state index contributed by atoms with van der Waals surface area (Å²) >= 11 is 0. The minimum absolute atomic E-state index is 0.558. The third kappa shape index (κ3) is 2.02. The van der Waals surface area contributed by atoms with E-state index in [-0.39, 0.29) is 0 Å². The van der Waals surface area contributed by atoms with E-state index in [1.807, 2.05) is 6.92 Å². The van der Waals surface area contributed by atoms with Crippen molar-refractivity contribution in [2.45, 2.75) is 6.92 Å². The summed E-state index contributed by atoms with van der Waals surface area (Å²) in [4.78, 5) is 0. The van der Waals surface area contributed by atoms with Crippen LogP contribution in [0.15, 0.2) is 12.1 Å². The number of anilines is 1. The lowest BCUT2D eigenvalue weighted by Gasteiger charge is -2.13. The number of methoxy groups -OCH3 is 2. The molecule has 1 aromatic carbocycles. The Morgan fingerprint density at radius 2 is 1.79 bits per heavy atom. The second-order valence-corrected chi connectivity index (χ2v) is 2.69. The van der Waals surface area contributed by atoms with Gasteiger partial charge in [-0.05, 0) is 6.92 Å². The maximum atomic E-state index is 5.67. The predicted octanol–water partition coefficient (Wildman–Crippen LogP) is 1.68. The summed E-state index contributed by atoms with van der Waals surface area (Å²) in [7, 11) is 3.13. The minimum Gasteiger partial charge on any atom is -0.493 e. The van der Waals surface area contributed by atoms with Crippen molar-refractivity contribution < 1.29 is 14.2 Å². The third-order valence-electron chi connectivity index (χ3n) is 1.77. The van der Waals surface area contributed by atoms with Gasteiger partial charge in [0.1, 0.15) is 0 Å². The van der Waals surface area contributed by atoms with Crippen molar-refractivity contribution in [2.75, 3.05) is 26.6 Å². The van der Waals surface area contributed by atoms with Crippen LogP contribution in [-0.2, 0) is 0 Å². The first-order valence-electron chi connectivity index (χ1n) is 4.37. The lowest BCUT2D eigenvalue weighted by Crippen LogP contribution is -1.99. The van der Waals surface area contributed by atoms with Crippen LogP contribution in [0.1, 0.15) is 6.92 Å². The molecule has 4 heteroatoms. The fraction of sp³-hybridized carbons (Fsp3) is 0.400. The van der Waals surface area contributed by atoms with E-state index in [4.69, 9.17) is 19.9 Å². The Morgan fingerprint density at radius 3 is 2.29 bits per heavy atom. The first-order valence-corrected chi connectivity index (χ1v) is 4.37. The number of nitrogen functional groups attached to an aromatic ring is 1. The van der Waals surface area contributed by atoms with Crippen LogP contribution in [0.2, 0.25) is 0 Å². The average molecular weight is 197 g/mol. The Labute approximate surface area is 83.6 Å². The van der Waals surface area contributed by atoms with E-state index in [1.165, 1.54) is 0 Å². The number of nitrogens with two attached hydrogens (primary N) is 1. The molecule has 2 N–H and O–H groups in total. The molecule has 0 heterocycles. The van der Waals surface area contributed by atoms with Gasteiger partial charge in [-0.15, -0.1) is 0 Å². The summed E-state index contributed by atoms with van der Waals surface area (Å²) in [6, 6.07) is 3.41. The highest BCUT2D eigenvalue weighted by atomic mass is 16.5. The molecule has 4 nitrogen and oxygen atoms in total. The van der Waals surface area contributed by atoms with E-state index in [0.717, 1.165) is 0 Å². The van der Waals surface area contributed by atoms with Crippen molar-refractivity contribution in [3.05, 3.63) is 12.1 Å². The van der Waals surface area contributed by atoms with Gasteiger partial charge in [0.25, 0.3) is 0 Å². The Morgan fingerprint density at radius 1 is 1.14 bits per heavy atom. The van der Waals surface area contributed by atoms with Gasteiger partial charge in [-0.1, -0.05) is 0 Å². The fourth-order valence-corrected chi connectivity index (χ4v) is 1.21. The average Bonchev–Trinajstić information content (AvgIpc) is 2.17. The van der Waals surface area contributed by atoms with Crippen molar-refractivity contribution >= 4 is 5.69 Å². The molecule has 78 valence electrons. The lowest BCUT2D eigenvalue weighted by atomic mass is 10.2. The summed E-state index contributed by atoms with van der Waals surface area (Å²) < 4.78 is 15.7. The van der Waals surface area contributed by atoms with Crippen LogP contribution in [0, 0.1) is 0 Å². The first-order chi connectivity index (χ1) is 6.72. The maximum absolute atomic E-state index is 5.67. The molecule has 0 spiro atoms. The van der Waals surface area contributed by atoms with Crippen molar-refractivity contribution in [1.82, 2.24) is 0 Å². The summed E-state index contributed by atoms with van der Waals surface area (Å²) in [5, 5.41) is 0. The zero-order chi connectivity index (χ0) is 10.6. The van der Waals surface area contributed by atoms with Crippen LogP contribution < -0.4 is 19.9 Å². The molecule has 0 aliphatic rings. The Bertz CT molecular complexity index is 312. The molecule has 1 aromatic rings. The smallest absolute Gasteiger partial charge is 0.203 e. The number of hydrogen-bond donors (Lipinski definition) is 1. The SMILES string of the molecule is CCOc1cc(N)cc(OC)c1OC. The number of benzene rings is 1. The first kappa shape index (κ1) is 10.5. The van der Waals surface area contributed by atoms with Crippen molar-refractivity contribution in [3.63, 3.8) is 0 Å². The molecule has 0 aliphatic carbocycles. The van der Waals surface area contributed by atoms with Gasteiger partial charge in [-0.2, -0.15) is 0 Å². The summed E-state index contributed by atoms with van der Waals surface area (Å²) in [5.74, 6) is 1.76. The molecule has 0 fully saturated rings. The summed E-state index contributed by atoms with van der Waals surface area (Å²) in [6.07, 6.45) is 0. The molecular weight excluding hydrogens is 182 g/mol. The van der Waals surface area contributed by atoms with Crippen LogP contribution in [0.5, 0.6) is 17.2 Å². The molecule has 0 atom stereocenters. The second kappa shape index (κ2) is 4.60. The molecule has 14 heavy (non-hydrogen) atoms. The normalized spacial score (nSPS) is 9.64. The lowest BCUT2D eigenvalue weighted by molar-refractivity contribution is 0.297. The fourth-order valence-electron chi connectivity index (χ4n) is 1.21. The highest BCUT2D eigenvalue weighted by molar-refractivity contribution is 5.60. The topological polar surface area (TPSA) is 53.7 Å². The Balaban J connectivity index is 3.17. The minimum atomic E-state index is 0.558. The molecule has 0 saturated heterocycles. The monoisotopic (exact) mass is 197 g/mol. The van der Waals surface area contributed by atoms with E-state index in [9.17, 15) is 0 Å². The highest BCUT2D eigenvalue weighted by Crippen LogP contribution is 2.39. The van der Waals surface area contributed by atoms with Crippen LogP contribution in [-0.4, -0.2) is 20.8 Å². The van der Waals surface area contributed by atoms with Crippen LogP contribution in [0.3, 0.4) is 0 Å². The van der Waals surface area contributed by atoms with Crippen LogP contribution >= 0.6 is 0 Å². The van der Waals surface area contributed by atoms with Crippen molar-refractivity contribution in [1.29, 1.82) is 0 Å². The van der Waals surface area contributed by atoms with Gasteiger partial charge in [0.2, 0.25) is 5.75 Å². The summed E-state index contributed by atoms with van der Waals surface area (Å²) in [5.41, 5.74) is 6.26. The van der Waals surface area contributed by atoms with Crippen molar-refractivity contribution in [3.8, 4) is 17.2 Å². The van der Waals surface area contributed by atoms with Crippen LogP contribution in [0.4, 0.5) is 5.69 Å². The summed E-state index contributed by atoms with van der Waals surface area (Å²) in [6.45, 7) is 2.46. The van der Waals surface area contributed by atoms with E-state index in [0.29, 0.717) is 29.5 Å². The molecule has 0 saturated carbocycles. The van der Waals surface area contributed by atoms with Gasteiger partial charge in [-0.3, -0.25) is 0 Å². The molecule has 0 unspecified atom stereocenters. The predicted molar refractivity (Wildman–Crippen MR) is 55.1 cm³/mol. The number of ether oxygens (including phenoxy) is 3. The molecule has 0 radical (unpaired) electrons. The molecule has 0 bridgehead atoms. The number of hydrogen-bond acceptors (Lipinski definition) is 4. The standard InChI is InChI=1S/C10H15NO3/c1-4-14-9-6-7(11)5-8(12-2)10(9)13-3/h5-6H,4,11H2,1-3H3. The van der Waals surface area contributed by atoms with Gasteiger partial charge in [0.05, 0.1) is 20.8 Å². The largest absolute Gasteiger partial charge is 0.493 e. The second-order valence-electron chi connectivity index (χ2n) is 2.69. The zero-order valence-corrected chi connectivity index (χ0v) is 8.66. The van der Waals surface area contributed by atoms with E-state index < -0.39 is 0 Å². The molecular formula is C10H15NO3. The molecule has 1 rings (SSSR count). The highest BCUT2D eigenvalue weighted by Gasteiger charge is 2.11. The maximum Gasteiger partial charge on any atom is 0.203 e. The number of rotatable bonds is 4. The van der Waals surface area contributed by atoms with E-state index >= 15 is 0 Å². The zero-order valence-electron chi connectivity index (χ0n) is 8.66.